The fraction of sp³-hybridized carbons (Fsp3) is 0.600. The quantitative estimate of drug-likeness (QED) is 0.832. The van der Waals surface area contributed by atoms with Gasteiger partial charge in [0.15, 0.2) is 0 Å². The predicted molar refractivity (Wildman–Crippen MR) is 75.6 cm³/mol. The molecule has 1 aliphatic rings. The molecule has 1 heterocycles. The summed E-state index contributed by atoms with van der Waals surface area (Å²) in [5, 5.41) is 8.88. The summed E-state index contributed by atoms with van der Waals surface area (Å²) in [6.45, 7) is 4.86. The van der Waals surface area contributed by atoms with Crippen LogP contribution < -0.4 is 0 Å². The normalized spacial score (nSPS) is 14.6. The lowest BCUT2D eigenvalue weighted by Crippen LogP contribution is -2.36. The average Bonchev–Trinajstić information content (AvgIpc) is 3.08. The molecule has 0 spiro atoms. The van der Waals surface area contributed by atoms with Gasteiger partial charge in [0.25, 0.3) is 5.91 Å². The number of carboxylic acids is 1. The van der Waals surface area contributed by atoms with Crippen molar-refractivity contribution in [2.45, 2.75) is 45.7 Å². The lowest BCUT2D eigenvalue weighted by Gasteiger charge is -2.24. The Morgan fingerprint density at radius 3 is 2.70 bits per heavy atom. The number of carbonyl (C=O) groups is 2. The highest BCUT2D eigenvalue weighted by atomic mass is 16.4. The maximum atomic E-state index is 12.6. The van der Waals surface area contributed by atoms with Gasteiger partial charge in [0.1, 0.15) is 12.2 Å². The predicted octanol–water partition coefficient (Wildman–Crippen LogP) is 2.22. The van der Waals surface area contributed by atoms with Crippen LogP contribution in [0.3, 0.4) is 0 Å². The molecule has 0 atom stereocenters. The van der Waals surface area contributed by atoms with Crippen molar-refractivity contribution in [2.75, 3.05) is 6.54 Å². The molecule has 1 aromatic rings. The van der Waals surface area contributed by atoms with E-state index >= 15 is 0 Å². The maximum Gasteiger partial charge on any atom is 0.323 e. The Balaban J connectivity index is 2.11. The van der Waals surface area contributed by atoms with Gasteiger partial charge in [0, 0.05) is 18.8 Å². The fourth-order valence-corrected chi connectivity index (χ4v) is 2.27. The molecule has 1 aliphatic carbocycles. The minimum absolute atomic E-state index is 0.0422. The summed E-state index contributed by atoms with van der Waals surface area (Å²) in [4.78, 5) is 25.4. The number of rotatable bonds is 7. The topological polar surface area (TPSA) is 62.5 Å². The second-order valence-electron chi connectivity index (χ2n) is 5.83. The zero-order valence-electron chi connectivity index (χ0n) is 12.1. The van der Waals surface area contributed by atoms with E-state index in [4.69, 9.17) is 5.11 Å². The lowest BCUT2D eigenvalue weighted by molar-refractivity contribution is -0.137. The minimum Gasteiger partial charge on any atom is -0.480 e. The largest absolute Gasteiger partial charge is 0.480 e. The molecule has 1 amide bonds. The Hall–Kier alpha value is -1.78. The molecular weight excluding hydrogens is 256 g/mol. The van der Waals surface area contributed by atoms with Gasteiger partial charge in [-0.25, -0.2) is 0 Å². The van der Waals surface area contributed by atoms with Crippen molar-refractivity contribution in [1.82, 2.24) is 9.47 Å². The second kappa shape index (κ2) is 6.11. The summed E-state index contributed by atoms with van der Waals surface area (Å²) in [5.74, 6) is -0.426. The van der Waals surface area contributed by atoms with E-state index in [1.54, 1.807) is 18.3 Å². The molecule has 5 heteroatoms. The van der Waals surface area contributed by atoms with Crippen LogP contribution >= 0.6 is 0 Å². The fourth-order valence-electron chi connectivity index (χ4n) is 2.27. The number of carbonyl (C=O) groups excluding carboxylic acids is 1. The summed E-state index contributed by atoms with van der Waals surface area (Å²) in [6, 6.07) is 3.77. The highest BCUT2D eigenvalue weighted by Gasteiger charge is 2.33. The van der Waals surface area contributed by atoms with E-state index < -0.39 is 5.97 Å². The van der Waals surface area contributed by atoms with E-state index in [-0.39, 0.29) is 12.5 Å². The van der Waals surface area contributed by atoms with Crippen molar-refractivity contribution >= 4 is 11.9 Å². The first-order valence-electron chi connectivity index (χ1n) is 7.17. The van der Waals surface area contributed by atoms with Gasteiger partial charge >= 0.3 is 5.97 Å². The van der Waals surface area contributed by atoms with Crippen molar-refractivity contribution < 1.29 is 14.7 Å². The molecule has 110 valence electrons. The molecule has 1 saturated carbocycles. The molecule has 0 radical (unpaired) electrons. The minimum atomic E-state index is -0.935. The van der Waals surface area contributed by atoms with Crippen LogP contribution in [0.25, 0.3) is 0 Å². The summed E-state index contributed by atoms with van der Waals surface area (Å²) < 4.78 is 1.51. The molecular formula is C15H22N2O3. The van der Waals surface area contributed by atoms with Gasteiger partial charge in [0.2, 0.25) is 0 Å². The molecule has 2 rings (SSSR count). The highest BCUT2D eigenvalue weighted by molar-refractivity contribution is 5.93. The molecule has 0 saturated heterocycles. The van der Waals surface area contributed by atoms with Gasteiger partial charge in [-0.2, -0.15) is 0 Å². The smallest absolute Gasteiger partial charge is 0.323 e. The Labute approximate surface area is 119 Å². The van der Waals surface area contributed by atoms with Crippen LogP contribution in [0.4, 0.5) is 0 Å². The zero-order valence-corrected chi connectivity index (χ0v) is 12.1. The van der Waals surface area contributed by atoms with Crippen LogP contribution in [-0.2, 0) is 11.3 Å². The molecule has 5 nitrogen and oxygen atoms in total. The van der Waals surface area contributed by atoms with Gasteiger partial charge in [-0.15, -0.1) is 0 Å². The average molecular weight is 278 g/mol. The number of hydrogen-bond donors (Lipinski definition) is 1. The zero-order chi connectivity index (χ0) is 14.7. The number of amides is 1. The Kier molecular flexibility index (Phi) is 4.47. The van der Waals surface area contributed by atoms with E-state index in [1.807, 2.05) is 4.90 Å². The monoisotopic (exact) mass is 278 g/mol. The van der Waals surface area contributed by atoms with E-state index in [0.717, 1.165) is 25.8 Å². The van der Waals surface area contributed by atoms with E-state index in [9.17, 15) is 9.59 Å². The van der Waals surface area contributed by atoms with Gasteiger partial charge in [0.05, 0.1) is 0 Å². The van der Waals surface area contributed by atoms with Crippen LogP contribution in [-0.4, -0.2) is 39.0 Å². The number of nitrogens with zero attached hydrogens (tertiary/aromatic N) is 2. The van der Waals surface area contributed by atoms with Crippen molar-refractivity contribution in [3.05, 3.63) is 24.0 Å². The lowest BCUT2D eigenvalue weighted by atomic mass is 10.1. The van der Waals surface area contributed by atoms with Crippen LogP contribution in [0.2, 0.25) is 0 Å². The van der Waals surface area contributed by atoms with E-state index in [2.05, 4.69) is 13.8 Å². The Morgan fingerprint density at radius 1 is 1.45 bits per heavy atom. The molecule has 1 fully saturated rings. The van der Waals surface area contributed by atoms with Gasteiger partial charge in [-0.3, -0.25) is 9.59 Å². The number of carboxylic acid groups (broad SMARTS) is 1. The summed E-state index contributed by atoms with van der Waals surface area (Å²) in [6.07, 6.45) is 4.74. The molecule has 0 bridgehead atoms. The number of aromatic nitrogens is 1. The third-order valence-corrected chi connectivity index (χ3v) is 3.55. The maximum absolute atomic E-state index is 12.6. The van der Waals surface area contributed by atoms with Crippen LogP contribution in [0.5, 0.6) is 0 Å². The van der Waals surface area contributed by atoms with Gasteiger partial charge < -0.3 is 14.6 Å². The van der Waals surface area contributed by atoms with Gasteiger partial charge in [-0.05, 0) is 37.3 Å². The highest BCUT2D eigenvalue weighted by Crippen LogP contribution is 2.29. The first-order valence-corrected chi connectivity index (χ1v) is 7.17. The molecule has 0 aromatic carbocycles. The first kappa shape index (κ1) is 14.6. The molecule has 1 N–H and O–H groups in total. The Morgan fingerprint density at radius 2 is 2.15 bits per heavy atom. The third kappa shape index (κ3) is 3.62. The molecule has 0 aliphatic heterocycles. The van der Waals surface area contributed by atoms with Crippen molar-refractivity contribution in [3.8, 4) is 0 Å². The van der Waals surface area contributed by atoms with Crippen molar-refractivity contribution in [2.24, 2.45) is 5.92 Å². The van der Waals surface area contributed by atoms with Gasteiger partial charge in [-0.1, -0.05) is 13.8 Å². The van der Waals surface area contributed by atoms with Crippen LogP contribution in [0.15, 0.2) is 18.3 Å². The van der Waals surface area contributed by atoms with E-state index in [0.29, 0.717) is 17.7 Å². The SMILES string of the molecule is CC(C)CCN(C(=O)c1cccn1CC(=O)O)C1CC1. The van der Waals surface area contributed by atoms with Crippen LogP contribution in [0, 0.1) is 5.92 Å². The van der Waals surface area contributed by atoms with Crippen molar-refractivity contribution in [3.63, 3.8) is 0 Å². The summed E-state index contributed by atoms with van der Waals surface area (Å²) in [5.41, 5.74) is 0.475. The first-order chi connectivity index (χ1) is 9.49. The van der Waals surface area contributed by atoms with E-state index in [1.165, 1.54) is 4.57 Å². The number of aliphatic carboxylic acids is 1. The second-order valence-corrected chi connectivity index (χ2v) is 5.83. The number of hydrogen-bond acceptors (Lipinski definition) is 2. The summed E-state index contributed by atoms with van der Waals surface area (Å²) >= 11 is 0. The van der Waals surface area contributed by atoms with Crippen LogP contribution in [0.1, 0.15) is 43.6 Å². The summed E-state index contributed by atoms with van der Waals surface area (Å²) in [7, 11) is 0. The molecule has 1 aromatic heterocycles. The standard InChI is InChI=1S/C15H22N2O3/c1-11(2)7-9-17(12-5-6-12)15(20)13-4-3-8-16(13)10-14(18)19/h3-4,8,11-12H,5-7,9-10H2,1-2H3,(H,18,19). The molecule has 0 unspecified atom stereocenters. The Bertz CT molecular complexity index is 489. The van der Waals surface area contributed by atoms with Crippen molar-refractivity contribution in [1.29, 1.82) is 0 Å². The third-order valence-electron chi connectivity index (χ3n) is 3.55. The molecule has 20 heavy (non-hydrogen) atoms.